The Hall–Kier alpha value is -0.670. The van der Waals surface area contributed by atoms with Crippen LogP contribution < -0.4 is 69.3 Å². The molecule has 9 heteroatoms. The minimum absolute atomic E-state index is 0. The third-order valence-electron chi connectivity index (χ3n) is 3.27. The minimum Gasteiger partial charge on any atom is -0.550 e. The van der Waals surface area contributed by atoms with E-state index in [0.29, 0.717) is 5.56 Å². The Morgan fingerprint density at radius 1 is 1.13 bits per heavy atom. The summed E-state index contributed by atoms with van der Waals surface area (Å²) >= 11 is 0. The number of aliphatic hydroxyl groups is 1. The number of para-hydroxylation sites is 1. The Bertz CT molecular complexity index is 714. The smallest absolute Gasteiger partial charge is 0.550 e. The van der Waals surface area contributed by atoms with E-state index in [4.69, 9.17) is 0 Å². The SMILES string of the molecule is O=C([O-])C(=O)C(O)C(Cc1c[nH]c2ccccc12)C(=O)[O-].[Na+].[Na+]. The van der Waals surface area contributed by atoms with Crippen LogP contribution in [0.2, 0.25) is 0 Å². The van der Waals surface area contributed by atoms with Crippen molar-refractivity contribution in [1.82, 2.24) is 4.98 Å². The fourth-order valence-electron chi connectivity index (χ4n) is 2.16. The summed E-state index contributed by atoms with van der Waals surface area (Å²) < 4.78 is 0. The number of carbonyl (C=O) groups excluding carboxylic acids is 3. The molecule has 0 saturated carbocycles. The number of H-pyrrole nitrogens is 1. The molecule has 2 rings (SSSR count). The topological polar surface area (TPSA) is 133 Å². The number of fused-ring (bicyclic) bond motifs is 1. The Labute approximate surface area is 175 Å². The van der Waals surface area contributed by atoms with E-state index in [2.05, 4.69) is 4.98 Å². The van der Waals surface area contributed by atoms with E-state index in [0.717, 1.165) is 10.9 Å². The van der Waals surface area contributed by atoms with Crippen molar-refractivity contribution < 1.29 is 88.8 Å². The normalized spacial score (nSPS) is 12.6. The number of Topliss-reactive ketones (excluding diaryl/α,β-unsaturated/α-hetero) is 1. The Morgan fingerprint density at radius 2 is 1.74 bits per heavy atom. The van der Waals surface area contributed by atoms with Crippen LogP contribution in [0.25, 0.3) is 10.9 Å². The van der Waals surface area contributed by atoms with Gasteiger partial charge in [-0.15, -0.1) is 0 Å². The molecule has 23 heavy (non-hydrogen) atoms. The standard InChI is InChI=1S/C14H13NO6.2Na/c16-11(12(17)14(20)21)9(13(18)19)5-7-6-15-10-4-2-1-3-8(7)10;;/h1-4,6,9,11,15-16H,5H2,(H,18,19)(H,20,21);;/q;2*+1/p-2. The number of aromatic nitrogens is 1. The van der Waals surface area contributed by atoms with Crippen molar-refractivity contribution in [3.63, 3.8) is 0 Å². The van der Waals surface area contributed by atoms with Gasteiger partial charge in [-0.1, -0.05) is 18.2 Å². The van der Waals surface area contributed by atoms with Gasteiger partial charge < -0.3 is 29.9 Å². The zero-order chi connectivity index (χ0) is 15.6. The van der Waals surface area contributed by atoms with Crippen LogP contribution in [0.1, 0.15) is 5.56 Å². The largest absolute Gasteiger partial charge is 1.00 e. The van der Waals surface area contributed by atoms with Gasteiger partial charge in [0.15, 0.2) is 0 Å². The van der Waals surface area contributed by atoms with Crippen molar-refractivity contribution in [3.8, 4) is 0 Å². The van der Waals surface area contributed by atoms with E-state index in [1.165, 1.54) is 6.20 Å². The summed E-state index contributed by atoms with van der Waals surface area (Å²) in [5.41, 5.74) is 1.29. The monoisotopic (exact) mass is 335 g/mol. The maximum absolute atomic E-state index is 11.2. The van der Waals surface area contributed by atoms with Gasteiger partial charge in [-0.05, 0) is 18.1 Å². The average Bonchev–Trinajstić information content (AvgIpc) is 2.86. The molecule has 0 bridgehead atoms. The number of hydrogen-bond acceptors (Lipinski definition) is 6. The molecular formula is C14H11NNa2O6. The third-order valence-corrected chi connectivity index (χ3v) is 3.27. The molecule has 1 heterocycles. The zero-order valence-electron chi connectivity index (χ0n) is 12.7. The van der Waals surface area contributed by atoms with Gasteiger partial charge in [0.05, 0.1) is 0 Å². The van der Waals surface area contributed by atoms with Crippen molar-refractivity contribution >= 4 is 28.6 Å². The van der Waals surface area contributed by atoms with Crippen molar-refractivity contribution in [3.05, 3.63) is 36.0 Å². The molecule has 1 aromatic heterocycles. The predicted molar refractivity (Wildman–Crippen MR) is 66.5 cm³/mol. The van der Waals surface area contributed by atoms with Crippen LogP contribution >= 0.6 is 0 Å². The maximum Gasteiger partial charge on any atom is 1.00 e. The Morgan fingerprint density at radius 3 is 2.30 bits per heavy atom. The number of aliphatic hydroxyl groups excluding tert-OH is 1. The molecule has 7 nitrogen and oxygen atoms in total. The van der Waals surface area contributed by atoms with Crippen LogP contribution in [-0.4, -0.2) is 33.9 Å². The van der Waals surface area contributed by atoms with E-state index in [1.807, 2.05) is 0 Å². The molecule has 0 radical (unpaired) electrons. The first-order chi connectivity index (χ1) is 9.91. The molecule has 2 N–H and O–H groups in total. The first-order valence-electron chi connectivity index (χ1n) is 6.11. The molecule has 2 aromatic rings. The number of rotatable bonds is 6. The number of ketones is 1. The fraction of sp³-hybridized carbons (Fsp3) is 0.214. The molecule has 0 spiro atoms. The van der Waals surface area contributed by atoms with Gasteiger partial charge in [0.1, 0.15) is 12.1 Å². The maximum atomic E-state index is 11.2. The van der Waals surface area contributed by atoms with Gasteiger partial charge in [-0.3, -0.25) is 4.79 Å². The molecule has 2 unspecified atom stereocenters. The van der Waals surface area contributed by atoms with Gasteiger partial charge in [0.25, 0.3) is 0 Å². The van der Waals surface area contributed by atoms with Crippen LogP contribution in [0.5, 0.6) is 0 Å². The van der Waals surface area contributed by atoms with Gasteiger partial charge in [0.2, 0.25) is 5.78 Å². The van der Waals surface area contributed by atoms with Gasteiger partial charge in [-0.2, -0.15) is 0 Å². The summed E-state index contributed by atoms with van der Waals surface area (Å²) in [5, 5.41) is 31.8. The molecule has 1 aromatic carbocycles. The number of aromatic amines is 1. The van der Waals surface area contributed by atoms with Crippen LogP contribution in [0.15, 0.2) is 30.5 Å². The second kappa shape index (κ2) is 9.58. The number of carbonyl (C=O) groups is 3. The molecule has 0 aliphatic heterocycles. The number of nitrogens with one attached hydrogen (secondary N) is 1. The molecular weight excluding hydrogens is 324 g/mol. The summed E-state index contributed by atoms with van der Waals surface area (Å²) in [6.07, 6.45) is -0.919. The number of hydrogen-bond donors (Lipinski definition) is 2. The molecule has 2 atom stereocenters. The van der Waals surface area contributed by atoms with Crippen LogP contribution in [0, 0.1) is 5.92 Å². The molecule has 0 saturated heterocycles. The van der Waals surface area contributed by atoms with Crippen LogP contribution in [0.4, 0.5) is 0 Å². The first-order valence-corrected chi connectivity index (χ1v) is 6.11. The Balaban J connectivity index is 0.00000242. The van der Waals surface area contributed by atoms with Crippen molar-refractivity contribution in [1.29, 1.82) is 0 Å². The average molecular weight is 335 g/mol. The molecule has 110 valence electrons. The second-order valence-corrected chi connectivity index (χ2v) is 4.59. The summed E-state index contributed by atoms with van der Waals surface area (Å²) in [6, 6.07) is 7.04. The molecule has 0 aliphatic carbocycles. The summed E-state index contributed by atoms with van der Waals surface area (Å²) in [5.74, 6) is -7.19. The summed E-state index contributed by atoms with van der Waals surface area (Å²) in [4.78, 5) is 35.6. The predicted octanol–water partition coefficient (Wildman–Crippen LogP) is -8.24. The molecule has 0 fully saturated rings. The Kier molecular flexibility index (Phi) is 9.30. The van der Waals surface area contributed by atoms with E-state index in [-0.39, 0.29) is 65.5 Å². The minimum atomic E-state index is -2.21. The first kappa shape index (κ1) is 22.3. The number of carboxylic acid groups (broad SMARTS) is 2. The van der Waals surface area contributed by atoms with Crippen molar-refractivity contribution in [2.45, 2.75) is 12.5 Å². The van der Waals surface area contributed by atoms with Gasteiger partial charge >= 0.3 is 59.1 Å². The number of benzene rings is 1. The van der Waals surface area contributed by atoms with E-state index in [9.17, 15) is 29.7 Å². The quantitative estimate of drug-likeness (QED) is 0.398. The summed E-state index contributed by atoms with van der Waals surface area (Å²) in [6.45, 7) is 0. The van der Waals surface area contributed by atoms with E-state index in [1.54, 1.807) is 24.3 Å². The van der Waals surface area contributed by atoms with Crippen LogP contribution in [0.3, 0.4) is 0 Å². The second-order valence-electron chi connectivity index (χ2n) is 4.59. The molecule has 0 aliphatic rings. The van der Waals surface area contributed by atoms with E-state index < -0.39 is 29.7 Å². The summed E-state index contributed by atoms with van der Waals surface area (Å²) in [7, 11) is 0. The number of aliphatic carboxylic acids is 2. The van der Waals surface area contributed by atoms with Gasteiger partial charge in [0, 0.05) is 29.0 Å². The van der Waals surface area contributed by atoms with Gasteiger partial charge in [-0.25, -0.2) is 0 Å². The van der Waals surface area contributed by atoms with Crippen molar-refractivity contribution in [2.75, 3.05) is 0 Å². The van der Waals surface area contributed by atoms with Crippen LogP contribution in [-0.2, 0) is 20.8 Å². The third kappa shape index (κ3) is 5.15. The number of carboxylic acids is 2. The van der Waals surface area contributed by atoms with Crippen molar-refractivity contribution in [2.24, 2.45) is 5.92 Å². The molecule has 0 amide bonds. The van der Waals surface area contributed by atoms with E-state index >= 15 is 0 Å². The zero-order valence-corrected chi connectivity index (χ0v) is 16.7. The fourth-order valence-corrected chi connectivity index (χ4v) is 2.16.